The van der Waals surface area contributed by atoms with Gasteiger partial charge in [0.1, 0.15) is 0 Å². The highest BCUT2D eigenvalue weighted by molar-refractivity contribution is 5.17. The molecule has 1 fully saturated rings. The first kappa shape index (κ1) is 17.9. The SMILES string of the molecule is NC1(c2noc(CN(Cc3ccccc3)Cc3ccccc3)n2)CCCC1. The van der Waals surface area contributed by atoms with E-state index in [2.05, 4.69) is 63.6 Å². The summed E-state index contributed by atoms with van der Waals surface area (Å²) in [5.41, 5.74) is 8.59. The van der Waals surface area contributed by atoms with Gasteiger partial charge in [0.15, 0.2) is 5.82 Å². The molecule has 5 heteroatoms. The van der Waals surface area contributed by atoms with Crippen molar-refractivity contribution in [1.82, 2.24) is 15.0 Å². The Labute approximate surface area is 160 Å². The van der Waals surface area contributed by atoms with Gasteiger partial charge in [-0.3, -0.25) is 4.90 Å². The third-order valence-electron chi connectivity index (χ3n) is 5.27. The molecule has 3 aromatic rings. The highest BCUT2D eigenvalue weighted by Gasteiger charge is 2.36. The van der Waals surface area contributed by atoms with E-state index >= 15 is 0 Å². The van der Waals surface area contributed by atoms with Gasteiger partial charge in [-0.1, -0.05) is 78.7 Å². The van der Waals surface area contributed by atoms with Crippen molar-refractivity contribution in [1.29, 1.82) is 0 Å². The molecule has 4 rings (SSSR count). The second-order valence-electron chi connectivity index (χ2n) is 7.49. The molecule has 0 spiro atoms. The average molecular weight is 362 g/mol. The van der Waals surface area contributed by atoms with Gasteiger partial charge in [-0.2, -0.15) is 4.98 Å². The van der Waals surface area contributed by atoms with Crippen LogP contribution in [0.1, 0.15) is 48.5 Å². The van der Waals surface area contributed by atoms with Gasteiger partial charge in [0.05, 0.1) is 12.1 Å². The van der Waals surface area contributed by atoms with Crippen LogP contribution in [0.15, 0.2) is 65.2 Å². The number of hydrogen-bond donors (Lipinski definition) is 1. The van der Waals surface area contributed by atoms with Gasteiger partial charge in [0, 0.05) is 13.1 Å². The molecule has 0 unspecified atom stereocenters. The molecule has 1 aliphatic carbocycles. The van der Waals surface area contributed by atoms with Crippen LogP contribution in [0, 0.1) is 0 Å². The normalized spacial score (nSPS) is 16.1. The average Bonchev–Trinajstić information content (AvgIpc) is 3.34. The molecule has 1 saturated carbocycles. The molecule has 0 saturated heterocycles. The molecule has 0 amide bonds. The first-order chi connectivity index (χ1) is 13.2. The fourth-order valence-electron chi connectivity index (χ4n) is 3.79. The molecule has 27 heavy (non-hydrogen) atoms. The van der Waals surface area contributed by atoms with Crippen LogP contribution in [-0.2, 0) is 25.2 Å². The lowest BCUT2D eigenvalue weighted by Gasteiger charge is -2.21. The minimum Gasteiger partial charge on any atom is -0.338 e. The van der Waals surface area contributed by atoms with E-state index in [4.69, 9.17) is 10.3 Å². The molecule has 0 aliphatic heterocycles. The van der Waals surface area contributed by atoms with Crippen LogP contribution in [-0.4, -0.2) is 15.0 Å². The van der Waals surface area contributed by atoms with Crippen LogP contribution in [0.5, 0.6) is 0 Å². The van der Waals surface area contributed by atoms with Crippen molar-refractivity contribution in [2.45, 2.75) is 50.9 Å². The summed E-state index contributed by atoms with van der Waals surface area (Å²) in [6.07, 6.45) is 4.14. The van der Waals surface area contributed by atoms with Crippen LogP contribution in [0.25, 0.3) is 0 Å². The van der Waals surface area contributed by atoms with Gasteiger partial charge in [0.2, 0.25) is 5.89 Å². The van der Waals surface area contributed by atoms with E-state index in [1.165, 1.54) is 11.1 Å². The third-order valence-corrected chi connectivity index (χ3v) is 5.27. The summed E-state index contributed by atoms with van der Waals surface area (Å²) in [6, 6.07) is 20.9. The Balaban J connectivity index is 1.51. The second kappa shape index (κ2) is 8.03. The zero-order chi connectivity index (χ0) is 18.5. The van der Waals surface area contributed by atoms with E-state index in [1.807, 2.05) is 12.1 Å². The first-order valence-electron chi connectivity index (χ1n) is 9.63. The van der Waals surface area contributed by atoms with Crippen molar-refractivity contribution in [3.63, 3.8) is 0 Å². The van der Waals surface area contributed by atoms with E-state index in [9.17, 15) is 0 Å². The van der Waals surface area contributed by atoms with E-state index in [0.29, 0.717) is 18.3 Å². The van der Waals surface area contributed by atoms with Crippen LogP contribution in [0.2, 0.25) is 0 Å². The number of hydrogen-bond acceptors (Lipinski definition) is 5. The van der Waals surface area contributed by atoms with Crippen LogP contribution >= 0.6 is 0 Å². The summed E-state index contributed by atoms with van der Waals surface area (Å²) < 4.78 is 5.57. The molecular formula is C22H26N4O. The van der Waals surface area contributed by atoms with Gasteiger partial charge in [-0.15, -0.1) is 0 Å². The lowest BCUT2D eigenvalue weighted by Crippen LogP contribution is -2.34. The quantitative estimate of drug-likeness (QED) is 0.688. The van der Waals surface area contributed by atoms with Gasteiger partial charge in [-0.05, 0) is 24.0 Å². The molecular weight excluding hydrogens is 336 g/mol. The Morgan fingerprint density at radius 3 is 1.96 bits per heavy atom. The zero-order valence-electron chi connectivity index (χ0n) is 15.6. The standard InChI is InChI=1S/C22H26N4O/c23-22(13-7-8-14-22)21-24-20(27-25-21)17-26(15-18-9-3-1-4-10-18)16-19-11-5-2-6-12-19/h1-6,9-12H,7-8,13-17,23H2. The summed E-state index contributed by atoms with van der Waals surface area (Å²) >= 11 is 0. The van der Waals surface area contributed by atoms with E-state index < -0.39 is 5.54 Å². The molecule has 1 heterocycles. The molecule has 2 N–H and O–H groups in total. The van der Waals surface area contributed by atoms with Crippen molar-refractivity contribution in [3.8, 4) is 0 Å². The Morgan fingerprint density at radius 1 is 0.852 bits per heavy atom. The summed E-state index contributed by atoms with van der Waals surface area (Å²) in [4.78, 5) is 6.96. The topological polar surface area (TPSA) is 68.2 Å². The van der Waals surface area contributed by atoms with E-state index in [0.717, 1.165) is 38.8 Å². The lowest BCUT2D eigenvalue weighted by atomic mass is 9.99. The van der Waals surface area contributed by atoms with Crippen molar-refractivity contribution in [2.24, 2.45) is 5.73 Å². The minimum atomic E-state index is -0.411. The molecule has 0 atom stereocenters. The Morgan fingerprint density at radius 2 is 1.41 bits per heavy atom. The number of nitrogens with two attached hydrogens (primary N) is 1. The predicted molar refractivity (Wildman–Crippen MR) is 104 cm³/mol. The first-order valence-corrected chi connectivity index (χ1v) is 9.63. The fourth-order valence-corrected chi connectivity index (χ4v) is 3.79. The largest absolute Gasteiger partial charge is 0.338 e. The summed E-state index contributed by atoms with van der Waals surface area (Å²) in [5.74, 6) is 1.29. The van der Waals surface area contributed by atoms with Crippen LogP contribution < -0.4 is 5.73 Å². The van der Waals surface area contributed by atoms with Crippen molar-refractivity contribution in [2.75, 3.05) is 0 Å². The number of aromatic nitrogens is 2. The summed E-state index contributed by atoms with van der Waals surface area (Å²) in [5, 5.41) is 4.20. The molecule has 0 bridgehead atoms. The van der Waals surface area contributed by atoms with Gasteiger partial charge in [-0.25, -0.2) is 0 Å². The lowest BCUT2D eigenvalue weighted by molar-refractivity contribution is 0.210. The Bertz CT molecular complexity index is 800. The maximum Gasteiger partial charge on any atom is 0.240 e. The van der Waals surface area contributed by atoms with Gasteiger partial charge >= 0.3 is 0 Å². The van der Waals surface area contributed by atoms with Crippen molar-refractivity contribution >= 4 is 0 Å². The molecule has 2 aromatic carbocycles. The highest BCUT2D eigenvalue weighted by Crippen LogP contribution is 2.34. The van der Waals surface area contributed by atoms with E-state index in [1.54, 1.807) is 0 Å². The van der Waals surface area contributed by atoms with E-state index in [-0.39, 0.29) is 0 Å². The maximum atomic E-state index is 6.47. The Hall–Kier alpha value is -2.50. The van der Waals surface area contributed by atoms with Crippen molar-refractivity contribution in [3.05, 3.63) is 83.5 Å². The van der Waals surface area contributed by atoms with Crippen molar-refractivity contribution < 1.29 is 4.52 Å². The summed E-state index contributed by atoms with van der Waals surface area (Å²) in [7, 11) is 0. The monoisotopic (exact) mass is 362 g/mol. The highest BCUT2D eigenvalue weighted by atomic mass is 16.5. The Kier molecular flexibility index (Phi) is 5.32. The number of rotatable bonds is 7. The second-order valence-corrected chi connectivity index (χ2v) is 7.49. The third kappa shape index (κ3) is 4.43. The smallest absolute Gasteiger partial charge is 0.240 e. The van der Waals surface area contributed by atoms with Crippen LogP contribution in [0.3, 0.4) is 0 Å². The maximum absolute atomic E-state index is 6.47. The van der Waals surface area contributed by atoms with Crippen LogP contribution in [0.4, 0.5) is 0 Å². The number of nitrogens with zero attached hydrogens (tertiary/aromatic N) is 3. The molecule has 1 aliphatic rings. The molecule has 140 valence electrons. The fraction of sp³-hybridized carbons (Fsp3) is 0.364. The molecule has 1 aromatic heterocycles. The summed E-state index contributed by atoms with van der Waals surface area (Å²) in [6.45, 7) is 2.25. The zero-order valence-corrected chi connectivity index (χ0v) is 15.6. The molecule has 5 nitrogen and oxygen atoms in total. The number of benzene rings is 2. The van der Waals surface area contributed by atoms with Gasteiger partial charge < -0.3 is 10.3 Å². The molecule has 0 radical (unpaired) electrons. The predicted octanol–water partition coefficient (Wildman–Crippen LogP) is 4.00. The minimum absolute atomic E-state index is 0.411. The van der Waals surface area contributed by atoms with Gasteiger partial charge in [0.25, 0.3) is 0 Å².